The molecule has 2 heterocycles. The van der Waals surface area contributed by atoms with Crippen molar-refractivity contribution in [3.8, 4) is 0 Å². The molecule has 1 aliphatic heterocycles. The van der Waals surface area contributed by atoms with E-state index in [1.165, 1.54) is 6.08 Å². The predicted molar refractivity (Wildman–Crippen MR) is 74.1 cm³/mol. The first kappa shape index (κ1) is 15.0. The Kier molecular flexibility index (Phi) is 4.70. The lowest BCUT2D eigenvalue weighted by Crippen LogP contribution is -2.38. The molecule has 1 unspecified atom stereocenters. The summed E-state index contributed by atoms with van der Waals surface area (Å²) in [7, 11) is 0. The normalized spacial score (nSPS) is 19.3. The Hall–Kier alpha value is -0.370. The van der Waals surface area contributed by atoms with E-state index in [-0.39, 0.29) is 12.5 Å². The molecule has 1 atom stereocenters. The molecule has 2 rings (SSSR count). The quantitative estimate of drug-likeness (QED) is 0.838. The third-order valence-electron chi connectivity index (χ3n) is 3.18. The molecular formula is C12H14BrF3N2S. The number of hydrogen-bond acceptors (Lipinski definition) is 3. The van der Waals surface area contributed by atoms with E-state index in [0.29, 0.717) is 19.6 Å². The fourth-order valence-corrected chi connectivity index (χ4v) is 3.77. The first-order valence-corrected chi connectivity index (χ1v) is 7.53. The van der Waals surface area contributed by atoms with Crippen LogP contribution in [0.3, 0.4) is 0 Å². The van der Waals surface area contributed by atoms with E-state index in [2.05, 4.69) is 15.9 Å². The molecule has 2 N–H and O–H groups in total. The molecule has 0 bridgehead atoms. The summed E-state index contributed by atoms with van der Waals surface area (Å²) < 4.78 is 38.7. The number of thiophene rings is 1. The highest BCUT2D eigenvalue weighted by Gasteiger charge is 2.35. The van der Waals surface area contributed by atoms with Gasteiger partial charge in [0.25, 0.3) is 0 Å². The van der Waals surface area contributed by atoms with Crippen molar-refractivity contribution in [1.29, 1.82) is 0 Å². The second-order valence-electron chi connectivity index (χ2n) is 4.39. The van der Waals surface area contributed by atoms with Crippen LogP contribution in [0.1, 0.15) is 17.3 Å². The maximum atomic E-state index is 12.6. The highest BCUT2D eigenvalue weighted by atomic mass is 79.9. The Labute approximate surface area is 122 Å². The topological polar surface area (TPSA) is 29.3 Å². The van der Waals surface area contributed by atoms with E-state index < -0.39 is 11.7 Å². The van der Waals surface area contributed by atoms with Gasteiger partial charge in [-0.1, -0.05) is 6.08 Å². The molecule has 19 heavy (non-hydrogen) atoms. The van der Waals surface area contributed by atoms with Crippen LogP contribution in [0.2, 0.25) is 0 Å². The van der Waals surface area contributed by atoms with E-state index in [4.69, 9.17) is 5.73 Å². The summed E-state index contributed by atoms with van der Waals surface area (Å²) in [6.45, 7) is 1.09. The van der Waals surface area contributed by atoms with Crippen LogP contribution in [-0.4, -0.2) is 30.7 Å². The van der Waals surface area contributed by atoms with Gasteiger partial charge in [-0.3, -0.25) is 4.90 Å². The largest absolute Gasteiger partial charge is 0.412 e. The van der Waals surface area contributed by atoms with Gasteiger partial charge in [0, 0.05) is 39.9 Å². The summed E-state index contributed by atoms with van der Waals surface area (Å²) in [5, 5.41) is 1.96. The predicted octanol–water partition coefficient (Wildman–Crippen LogP) is 3.70. The summed E-state index contributed by atoms with van der Waals surface area (Å²) >= 11 is 4.95. The summed E-state index contributed by atoms with van der Waals surface area (Å²) in [6.07, 6.45) is -2.89. The summed E-state index contributed by atoms with van der Waals surface area (Å²) in [5.41, 5.74) is 5.35. The molecule has 0 spiro atoms. The molecule has 0 fully saturated rings. The highest BCUT2D eigenvalue weighted by molar-refractivity contribution is 9.10. The van der Waals surface area contributed by atoms with E-state index >= 15 is 0 Å². The standard InChI is InChI=1S/C12H14BrF3N2S/c13-9-5-11(19-7-9)10(6-17)18-3-1-8(2-4-18)12(14,15)16/h1,5,7,10H,2-4,6,17H2. The average Bonchev–Trinajstić information content (AvgIpc) is 2.76. The van der Waals surface area contributed by atoms with Crippen LogP contribution in [0.15, 0.2) is 27.6 Å². The smallest absolute Gasteiger partial charge is 0.329 e. The fraction of sp³-hybridized carbons (Fsp3) is 0.500. The van der Waals surface area contributed by atoms with Gasteiger partial charge in [-0.15, -0.1) is 11.3 Å². The van der Waals surface area contributed by atoms with Crippen LogP contribution in [0.5, 0.6) is 0 Å². The Bertz CT molecular complexity index is 470. The minimum atomic E-state index is -4.20. The summed E-state index contributed by atoms with van der Waals surface area (Å²) in [4.78, 5) is 3.08. The number of halogens is 4. The fourth-order valence-electron chi connectivity index (χ4n) is 2.17. The molecule has 0 aromatic carbocycles. The summed E-state index contributed by atoms with van der Waals surface area (Å²) in [6, 6.07) is 1.97. The Morgan fingerprint density at radius 2 is 2.21 bits per heavy atom. The van der Waals surface area contributed by atoms with Crippen molar-refractivity contribution in [2.75, 3.05) is 19.6 Å². The monoisotopic (exact) mass is 354 g/mol. The minimum Gasteiger partial charge on any atom is -0.329 e. The van der Waals surface area contributed by atoms with Crippen LogP contribution in [0.25, 0.3) is 0 Å². The third kappa shape index (κ3) is 3.59. The van der Waals surface area contributed by atoms with E-state index in [1.54, 1.807) is 11.3 Å². The van der Waals surface area contributed by atoms with E-state index in [9.17, 15) is 13.2 Å². The van der Waals surface area contributed by atoms with Crippen molar-refractivity contribution in [2.45, 2.75) is 18.6 Å². The van der Waals surface area contributed by atoms with E-state index in [1.807, 2.05) is 16.3 Å². The number of nitrogens with zero attached hydrogens (tertiary/aromatic N) is 1. The van der Waals surface area contributed by atoms with Crippen LogP contribution in [0, 0.1) is 0 Å². The molecule has 0 saturated carbocycles. The maximum Gasteiger partial charge on any atom is 0.412 e. The highest BCUT2D eigenvalue weighted by Crippen LogP contribution is 2.34. The first-order valence-electron chi connectivity index (χ1n) is 5.86. The molecule has 0 aliphatic carbocycles. The van der Waals surface area contributed by atoms with Gasteiger partial charge < -0.3 is 5.73 Å². The van der Waals surface area contributed by atoms with Crippen molar-refractivity contribution >= 4 is 27.3 Å². The molecular weight excluding hydrogens is 341 g/mol. The van der Waals surface area contributed by atoms with Gasteiger partial charge in [0.1, 0.15) is 0 Å². The van der Waals surface area contributed by atoms with Gasteiger partial charge in [0.2, 0.25) is 0 Å². The minimum absolute atomic E-state index is 0.0117. The number of rotatable bonds is 3. The molecule has 2 nitrogen and oxygen atoms in total. The maximum absolute atomic E-state index is 12.6. The zero-order valence-electron chi connectivity index (χ0n) is 10.1. The number of nitrogens with two attached hydrogens (primary N) is 1. The van der Waals surface area contributed by atoms with Crippen molar-refractivity contribution in [3.05, 3.63) is 32.4 Å². The third-order valence-corrected chi connectivity index (χ3v) is 4.98. The SMILES string of the molecule is NCC(c1cc(Br)cs1)N1CC=C(C(F)(F)F)CC1. The van der Waals surface area contributed by atoms with Crippen LogP contribution in [-0.2, 0) is 0 Å². The molecule has 7 heteroatoms. The Balaban J connectivity index is 2.09. The van der Waals surface area contributed by atoms with Gasteiger partial charge in [0.05, 0.1) is 6.04 Å². The number of hydrogen-bond donors (Lipinski definition) is 1. The van der Waals surface area contributed by atoms with Crippen molar-refractivity contribution in [2.24, 2.45) is 5.73 Å². The molecule has 1 aromatic heterocycles. The molecule has 1 aromatic rings. The summed E-state index contributed by atoms with van der Waals surface area (Å²) in [5.74, 6) is 0. The van der Waals surface area contributed by atoms with Crippen LogP contribution >= 0.6 is 27.3 Å². The Morgan fingerprint density at radius 1 is 1.47 bits per heavy atom. The van der Waals surface area contributed by atoms with Crippen molar-refractivity contribution in [1.82, 2.24) is 4.90 Å². The van der Waals surface area contributed by atoms with Crippen molar-refractivity contribution < 1.29 is 13.2 Å². The molecule has 1 aliphatic rings. The Morgan fingerprint density at radius 3 is 2.63 bits per heavy atom. The van der Waals surface area contributed by atoms with E-state index in [0.717, 1.165) is 9.35 Å². The second-order valence-corrected chi connectivity index (χ2v) is 6.25. The second kappa shape index (κ2) is 5.95. The van der Waals surface area contributed by atoms with Gasteiger partial charge in [-0.2, -0.15) is 13.2 Å². The van der Waals surface area contributed by atoms with Crippen LogP contribution in [0.4, 0.5) is 13.2 Å². The molecule has 106 valence electrons. The van der Waals surface area contributed by atoms with Gasteiger partial charge in [-0.25, -0.2) is 0 Å². The van der Waals surface area contributed by atoms with Gasteiger partial charge in [-0.05, 0) is 28.4 Å². The first-order chi connectivity index (χ1) is 8.91. The van der Waals surface area contributed by atoms with Gasteiger partial charge >= 0.3 is 6.18 Å². The molecule has 0 radical (unpaired) electrons. The lowest BCUT2D eigenvalue weighted by atomic mass is 10.1. The zero-order chi connectivity index (χ0) is 14.0. The van der Waals surface area contributed by atoms with Gasteiger partial charge in [0.15, 0.2) is 0 Å². The molecule has 0 saturated heterocycles. The lowest BCUT2D eigenvalue weighted by Gasteiger charge is -2.33. The van der Waals surface area contributed by atoms with Crippen molar-refractivity contribution in [3.63, 3.8) is 0 Å². The zero-order valence-corrected chi connectivity index (χ0v) is 12.5. The average molecular weight is 355 g/mol. The lowest BCUT2D eigenvalue weighted by molar-refractivity contribution is -0.0963. The van der Waals surface area contributed by atoms with Crippen LogP contribution < -0.4 is 5.73 Å². The molecule has 0 amide bonds. The number of alkyl halides is 3.